The molecule has 0 radical (unpaired) electrons. The summed E-state index contributed by atoms with van der Waals surface area (Å²) in [5, 5.41) is 4.45. The lowest BCUT2D eigenvalue weighted by Crippen LogP contribution is -2.36. The monoisotopic (exact) mass is 463 g/mol. The molecule has 0 spiro atoms. The van der Waals surface area contributed by atoms with Gasteiger partial charge in [0.05, 0.1) is 24.5 Å². The first-order valence-electron chi connectivity index (χ1n) is 11.5. The third-order valence-corrected chi connectivity index (χ3v) is 6.62. The number of carbonyl (C=O) groups excluding carboxylic acids is 1. The van der Waals surface area contributed by atoms with Gasteiger partial charge in [-0.25, -0.2) is 18.7 Å². The fraction of sp³-hybridized carbons (Fsp3) is 0.360. The fourth-order valence-electron chi connectivity index (χ4n) is 4.53. The maximum Gasteiger partial charge on any atom is 0.272 e. The molecule has 1 amide bonds. The lowest BCUT2D eigenvalue weighted by Gasteiger charge is -2.27. The zero-order valence-electron chi connectivity index (χ0n) is 18.7. The summed E-state index contributed by atoms with van der Waals surface area (Å²) < 4.78 is 36.3. The van der Waals surface area contributed by atoms with Crippen LogP contribution in [-0.4, -0.2) is 50.8 Å². The standard InChI is InChI=1S/C25H23F2N5O2/c1-31-8-6-19-22(18-5-2-16(26)11-20(18)27)29-24(30-23(19)25(31)33)14-7-9-34-21(10-14)15-12-28-32(13-15)17-3-4-17/h2,5,10-13,17,21H,3-4,6-9H2,1H3. The topological polar surface area (TPSA) is 73.1 Å². The predicted octanol–water partition coefficient (Wildman–Crippen LogP) is 4.13. The van der Waals surface area contributed by atoms with Crippen molar-refractivity contribution in [2.75, 3.05) is 20.2 Å². The maximum absolute atomic E-state index is 14.8. The van der Waals surface area contributed by atoms with Crippen LogP contribution in [0.4, 0.5) is 8.78 Å². The highest BCUT2D eigenvalue weighted by Crippen LogP contribution is 2.37. The summed E-state index contributed by atoms with van der Waals surface area (Å²) in [4.78, 5) is 23.9. The molecule has 3 aliphatic rings. The first kappa shape index (κ1) is 21.1. The van der Waals surface area contributed by atoms with Crippen molar-refractivity contribution in [3.05, 3.63) is 70.9 Å². The Bertz CT molecular complexity index is 1330. The highest BCUT2D eigenvalue weighted by Gasteiger charge is 2.31. The van der Waals surface area contributed by atoms with Crippen LogP contribution in [0.1, 0.15) is 58.8 Å². The van der Waals surface area contributed by atoms with E-state index in [1.165, 1.54) is 12.1 Å². The van der Waals surface area contributed by atoms with Gasteiger partial charge >= 0.3 is 0 Å². The van der Waals surface area contributed by atoms with Gasteiger partial charge in [0.15, 0.2) is 5.82 Å². The van der Waals surface area contributed by atoms with Crippen molar-refractivity contribution in [3.63, 3.8) is 0 Å². The molecule has 6 rings (SSSR count). The zero-order valence-corrected chi connectivity index (χ0v) is 18.7. The second-order valence-corrected chi connectivity index (χ2v) is 9.04. The van der Waals surface area contributed by atoms with Crippen molar-refractivity contribution in [3.8, 4) is 11.3 Å². The number of amides is 1. The van der Waals surface area contributed by atoms with Crippen LogP contribution < -0.4 is 0 Å². The minimum absolute atomic E-state index is 0.161. The molecule has 0 N–H and O–H groups in total. The molecule has 7 nitrogen and oxygen atoms in total. The minimum Gasteiger partial charge on any atom is -0.369 e. The van der Waals surface area contributed by atoms with Crippen LogP contribution >= 0.6 is 0 Å². The summed E-state index contributed by atoms with van der Waals surface area (Å²) in [6.07, 6.45) is 8.79. The Hall–Kier alpha value is -3.46. The molecule has 4 heterocycles. The highest BCUT2D eigenvalue weighted by molar-refractivity contribution is 5.96. The van der Waals surface area contributed by atoms with E-state index in [4.69, 9.17) is 9.72 Å². The van der Waals surface area contributed by atoms with Crippen LogP contribution in [0.25, 0.3) is 16.8 Å². The van der Waals surface area contributed by atoms with Crippen molar-refractivity contribution >= 4 is 11.5 Å². The van der Waals surface area contributed by atoms with Gasteiger partial charge < -0.3 is 9.64 Å². The molecule has 2 aliphatic heterocycles. The summed E-state index contributed by atoms with van der Waals surface area (Å²) in [6.45, 7) is 0.938. The fourth-order valence-corrected chi connectivity index (χ4v) is 4.53. The van der Waals surface area contributed by atoms with Crippen molar-refractivity contribution in [1.82, 2.24) is 24.6 Å². The Morgan fingerprint density at radius 3 is 2.74 bits per heavy atom. The quantitative estimate of drug-likeness (QED) is 0.582. The van der Waals surface area contributed by atoms with Gasteiger partial charge in [0.1, 0.15) is 23.4 Å². The van der Waals surface area contributed by atoms with E-state index in [0.717, 1.165) is 30.0 Å². The molecule has 34 heavy (non-hydrogen) atoms. The van der Waals surface area contributed by atoms with Crippen LogP contribution in [0.3, 0.4) is 0 Å². The average molecular weight is 463 g/mol. The molecule has 1 saturated carbocycles. The molecule has 0 saturated heterocycles. The number of hydrogen-bond donors (Lipinski definition) is 0. The molecule has 1 aliphatic carbocycles. The van der Waals surface area contributed by atoms with E-state index < -0.39 is 11.6 Å². The van der Waals surface area contributed by atoms with E-state index >= 15 is 0 Å². The van der Waals surface area contributed by atoms with Crippen LogP contribution in [0.5, 0.6) is 0 Å². The second kappa shape index (κ2) is 8.09. The van der Waals surface area contributed by atoms with Crippen molar-refractivity contribution in [2.24, 2.45) is 0 Å². The molecule has 9 heteroatoms. The third kappa shape index (κ3) is 3.69. The van der Waals surface area contributed by atoms with Gasteiger partial charge in [-0.05, 0) is 49.5 Å². The molecule has 3 aromatic rings. The Morgan fingerprint density at radius 1 is 1.12 bits per heavy atom. The Morgan fingerprint density at radius 2 is 1.94 bits per heavy atom. The molecule has 2 aromatic heterocycles. The third-order valence-electron chi connectivity index (χ3n) is 6.62. The number of benzene rings is 1. The molecule has 0 bridgehead atoms. The molecule has 174 valence electrons. The van der Waals surface area contributed by atoms with Crippen LogP contribution in [-0.2, 0) is 11.2 Å². The number of aromatic nitrogens is 4. The van der Waals surface area contributed by atoms with Crippen LogP contribution in [0.15, 0.2) is 36.7 Å². The SMILES string of the molecule is CN1CCc2c(nc(C3=CC(c4cnn(C5CC5)c4)OCC3)nc2-c2ccc(F)cc2F)C1=O. The Balaban J connectivity index is 1.45. The lowest BCUT2D eigenvalue weighted by atomic mass is 9.96. The summed E-state index contributed by atoms with van der Waals surface area (Å²) in [5.74, 6) is -1.25. The number of hydrogen-bond acceptors (Lipinski definition) is 5. The van der Waals surface area contributed by atoms with Gasteiger partial charge in [-0.15, -0.1) is 0 Å². The maximum atomic E-state index is 14.8. The first-order chi connectivity index (χ1) is 16.5. The number of carbonyl (C=O) groups is 1. The van der Waals surface area contributed by atoms with Crippen molar-refractivity contribution < 1.29 is 18.3 Å². The molecule has 1 fully saturated rings. The normalized spacial score (nSPS) is 20.3. The summed E-state index contributed by atoms with van der Waals surface area (Å²) in [5.41, 5.74) is 3.12. The van der Waals surface area contributed by atoms with E-state index in [2.05, 4.69) is 10.1 Å². The largest absolute Gasteiger partial charge is 0.369 e. The van der Waals surface area contributed by atoms with Gasteiger partial charge in [0.2, 0.25) is 0 Å². The van der Waals surface area contributed by atoms with Crippen LogP contribution in [0, 0.1) is 11.6 Å². The number of nitrogens with zero attached hydrogens (tertiary/aromatic N) is 5. The molecule has 1 atom stereocenters. The van der Waals surface area contributed by atoms with E-state index in [-0.39, 0.29) is 23.3 Å². The van der Waals surface area contributed by atoms with Crippen molar-refractivity contribution in [2.45, 2.75) is 37.8 Å². The summed E-state index contributed by atoms with van der Waals surface area (Å²) in [6, 6.07) is 3.88. The van der Waals surface area contributed by atoms with Crippen LogP contribution in [0.2, 0.25) is 0 Å². The van der Waals surface area contributed by atoms with Gasteiger partial charge in [0, 0.05) is 42.5 Å². The Kier molecular flexibility index (Phi) is 5.02. The van der Waals surface area contributed by atoms with E-state index in [1.807, 2.05) is 23.2 Å². The van der Waals surface area contributed by atoms with E-state index in [0.29, 0.717) is 49.1 Å². The van der Waals surface area contributed by atoms with E-state index in [9.17, 15) is 13.6 Å². The average Bonchev–Trinajstić information content (AvgIpc) is 3.57. The highest BCUT2D eigenvalue weighted by atomic mass is 19.1. The molecular weight excluding hydrogens is 440 g/mol. The summed E-state index contributed by atoms with van der Waals surface area (Å²) in [7, 11) is 1.71. The van der Waals surface area contributed by atoms with Gasteiger partial charge in [-0.1, -0.05) is 0 Å². The second-order valence-electron chi connectivity index (χ2n) is 9.04. The smallest absolute Gasteiger partial charge is 0.272 e. The number of ether oxygens (including phenoxy) is 1. The Labute approximate surface area is 195 Å². The lowest BCUT2D eigenvalue weighted by molar-refractivity contribution is 0.0773. The molecular formula is C25H23F2N5O2. The van der Waals surface area contributed by atoms with E-state index in [1.54, 1.807) is 11.9 Å². The van der Waals surface area contributed by atoms with Gasteiger partial charge in [-0.2, -0.15) is 5.10 Å². The van der Waals surface area contributed by atoms with Gasteiger partial charge in [-0.3, -0.25) is 9.48 Å². The number of rotatable bonds is 4. The predicted molar refractivity (Wildman–Crippen MR) is 120 cm³/mol. The number of fused-ring (bicyclic) bond motifs is 1. The van der Waals surface area contributed by atoms with Gasteiger partial charge in [0.25, 0.3) is 5.91 Å². The first-order valence-corrected chi connectivity index (χ1v) is 11.5. The zero-order chi connectivity index (χ0) is 23.4. The summed E-state index contributed by atoms with van der Waals surface area (Å²) >= 11 is 0. The van der Waals surface area contributed by atoms with Crippen molar-refractivity contribution in [1.29, 1.82) is 0 Å². The molecule has 1 aromatic carbocycles. The number of likely N-dealkylation sites (N-methyl/N-ethyl adjacent to an activating group) is 1. The molecule has 1 unspecified atom stereocenters. The minimum atomic E-state index is -0.718. The number of halogens is 2.